The molecule has 0 fully saturated rings. The van der Waals surface area contributed by atoms with Gasteiger partial charge in [-0.15, -0.1) is 33.3 Å². The summed E-state index contributed by atoms with van der Waals surface area (Å²) in [7, 11) is -4.72. The minimum absolute atomic E-state index is 1.31. The molecule has 0 amide bonds. The molecule has 0 saturated carbocycles. The summed E-state index contributed by atoms with van der Waals surface area (Å²) in [6.45, 7) is 15.4. The molecule has 0 rings (SSSR count). The fourth-order valence-electron chi connectivity index (χ4n) is 0.641. The Morgan fingerprint density at radius 3 is 1.07 bits per heavy atom. The van der Waals surface area contributed by atoms with Crippen molar-refractivity contribution in [3.8, 4) is 22.2 Å². The van der Waals surface area contributed by atoms with Gasteiger partial charge in [0.1, 0.15) is 16.1 Å². The van der Waals surface area contributed by atoms with Crippen LogP contribution >= 0.6 is 11.1 Å². The van der Waals surface area contributed by atoms with Gasteiger partial charge in [0.05, 0.1) is 0 Å². The van der Waals surface area contributed by atoms with Gasteiger partial charge in [-0.3, -0.25) is 0 Å². The van der Waals surface area contributed by atoms with Gasteiger partial charge in [0.2, 0.25) is 0 Å². The highest BCUT2D eigenvalue weighted by Gasteiger charge is 2.21. The van der Waals surface area contributed by atoms with Gasteiger partial charge >= 0.3 is 7.38 Å². The van der Waals surface area contributed by atoms with E-state index in [2.05, 4.69) is 61.5 Å². The lowest BCUT2D eigenvalue weighted by Gasteiger charge is -2.09. The van der Waals surface area contributed by atoms with Crippen LogP contribution in [0.5, 0.6) is 0 Å². The molecule has 0 unspecified atom stereocenters. The molecule has 0 atom stereocenters. The molecule has 15 heavy (non-hydrogen) atoms. The third-order valence-corrected chi connectivity index (χ3v) is 5.35. The smallest absolute Gasteiger partial charge is 0.136 e. The zero-order chi connectivity index (χ0) is 12.3. The maximum absolute atomic E-state index is 6.38. The topological polar surface area (TPSA) is 0 Å². The van der Waals surface area contributed by atoms with E-state index < -0.39 is 23.5 Å². The number of hydrogen-bond donors (Lipinski definition) is 0. The molecule has 0 aliphatic carbocycles. The summed E-state index contributed by atoms with van der Waals surface area (Å²) in [5, 5.41) is 0. The molecular formula is C11H21ClSi3. The van der Waals surface area contributed by atoms with Gasteiger partial charge in [-0.1, -0.05) is 39.3 Å². The Kier molecular flexibility index (Phi) is 4.95. The third-order valence-electron chi connectivity index (χ3n) is 1.34. The average Bonchev–Trinajstić information content (AvgIpc) is 1.96. The van der Waals surface area contributed by atoms with Gasteiger partial charge in [0, 0.05) is 0 Å². The summed E-state index contributed by atoms with van der Waals surface area (Å²) in [5.41, 5.74) is 13.1. The van der Waals surface area contributed by atoms with Gasteiger partial charge in [0.15, 0.2) is 0 Å². The van der Waals surface area contributed by atoms with E-state index >= 15 is 0 Å². The molecule has 0 aliphatic heterocycles. The Hall–Kier alpha value is 0.0606. The number of hydrogen-bond acceptors (Lipinski definition) is 0. The first-order valence-corrected chi connectivity index (χ1v) is 15.7. The molecule has 0 nitrogen and oxygen atoms in total. The van der Waals surface area contributed by atoms with Crippen molar-refractivity contribution in [1.29, 1.82) is 0 Å². The van der Waals surface area contributed by atoms with Crippen molar-refractivity contribution in [2.45, 2.75) is 45.8 Å². The first-order chi connectivity index (χ1) is 6.41. The lowest BCUT2D eigenvalue weighted by Crippen LogP contribution is -2.25. The van der Waals surface area contributed by atoms with Gasteiger partial charge in [-0.2, -0.15) is 0 Å². The summed E-state index contributed by atoms with van der Waals surface area (Å²) in [4.78, 5) is 0. The van der Waals surface area contributed by atoms with E-state index in [9.17, 15) is 0 Å². The first kappa shape index (κ1) is 15.1. The van der Waals surface area contributed by atoms with Crippen LogP contribution in [0.3, 0.4) is 0 Å². The molecule has 0 aromatic heterocycles. The molecule has 0 aromatic rings. The molecule has 0 heterocycles. The molecule has 0 radical (unpaired) electrons. The SMILES string of the molecule is C[Si](C)(C)C#C[Si](C)(Cl)C#C[Si](C)(C)C. The van der Waals surface area contributed by atoms with Crippen LogP contribution in [-0.2, 0) is 0 Å². The Morgan fingerprint density at radius 1 is 0.600 bits per heavy atom. The highest BCUT2D eigenvalue weighted by molar-refractivity contribution is 7.29. The Morgan fingerprint density at radius 2 is 0.867 bits per heavy atom. The van der Waals surface area contributed by atoms with Gasteiger partial charge in [0.25, 0.3) is 0 Å². The predicted octanol–water partition coefficient (Wildman–Crippen LogP) is 3.64. The van der Waals surface area contributed by atoms with Crippen LogP contribution in [0.15, 0.2) is 0 Å². The van der Waals surface area contributed by atoms with Crippen LogP contribution in [0.2, 0.25) is 45.8 Å². The minimum Gasteiger partial charge on any atom is -0.136 e. The van der Waals surface area contributed by atoms with Crippen molar-refractivity contribution in [1.82, 2.24) is 0 Å². The standard InChI is InChI=1S/C11H21ClSi3/c1-13(2,3)8-10-15(7,12)11-9-14(4,5)6/h1-7H3. The largest absolute Gasteiger partial charge is 0.303 e. The summed E-state index contributed by atoms with van der Waals surface area (Å²) >= 11 is 6.38. The lowest BCUT2D eigenvalue weighted by atomic mass is 11.3. The number of halogens is 1. The molecule has 0 N–H and O–H groups in total. The Balaban J connectivity index is 4.82. The fourth-order valence-corrected chi connectivity index (χ4v) is 6.43. The van der Waals surface area contributed by atoms with Crippen LogP contribution in [-0.4, -0.2) is 23.5 Å². The quantitative estimate of drug-likeness (QED) is 0.359. The molecule has 0 bridgehead atoms. The van der Waals surface area contributed by atoms with Crippen molar-refractivity contribution in [2.75, 3.05) is 0 Å². The average molecular weight is 273 g/mol. The predicted molar refractivity (Wildman–Crippen MR) is 79.7 cm³/mol. The van der Waals surface area contributed by atoms with Gasteiger partial charge < -0.3 is 0 Å². The second kappa shape index (κ2) is 4.93. The molecule has 0 spiro atoms. The number of rotatable bonds is 0. The van der Waals surface area contributed by atoms with Crippen LogP contribution in [0, 0.1) is 22.2 Å². The van der Waals surface area contributed by atoms with Gasteiger partial charge in [-0.05, 0) is 6.55 Å². The Labute approximate surface area is 103 Å². The highest BCUT2D eigenvalue weighted by Crippen LogP contribution is 2.08. The van der Waals surface area contributed by atoms with Crippen LogP contribution < -0.4 is 0 Å². The summed E-state index contributed by atoms with van der Waals surface area (Å²) in [6, 6.07) is 0. The zero-order valence-corrected chi connectivity index (χ0v) is 14.6. The van der Waals surface area contributed by atoms with Crippen molar-refractivity contribution in [3.63, 3.8) is 0 Å². The summed E-state index contributed by atoms with van der Waals surface area (Å²) < 4.78 is 0. The zero-order valence-electron chi connectivity index (χ0n) is 10.9. The van der Waals surface area contributed by atoms with Crippen molar-refractivity contribution in [2.24, 2.45) is 0 Å². The van der Waals surface area contributed by atoms with E-state index in [1.165, 1.54) is 0 Å². The van der Waals surface area contributed by atoms with Crippen LogP contribution in [0.25, 0.3) is 0 Å². The molecular weight excluding hydrogens is 252 g/mol. The third kappa shape index (κ3) is 10.3. The van der Waals surface area contributed by atoms with Crippen LogP contribution in [0.1, 0.15) is 0 Å². The molecule has 0 aromatic carbocycles. The molecule has 0 aliphatic rings. The van der Waals surface area contributed by atoms with E-state index in [4.69, 9.17) is 11.1 Å². The highest BCUT2D eigenvalue weighted by atomic mass is 35.6. The second-order valence-electron chi connectivity index (χ2n) is 6.00. The second-order valence-corrected chi connectivity index (χ2v) is 20.3. The van der Waals surface area contributed by atoms with E-state index in [1.54, 1.807) is 0 Å². The maximum Gasteiger partial charge on any atom is 0.303 e. The minimum atomic E-state index is -2.10. The van der Waals surface area contributed by atoms with Crippen molar-refractivity contribution >= 4 is 34.6 Å². The van der Waals surface area contributed by atoms with Gasteiger partial charge in [-0.25, -0.2) is 0 Å². The summed E-state index contributed by atoms with van der Waals surface area (Å²) in [6.07, 6.45) is 0. The monoisotopic (exact) mass is 272 g/mol. The molecule has 4 heteroatoms. The van der Waals surface area contributed by atoms with Crippen molar-refractivity contribution < 1.29 is 0 Å². The van der Waals surface area contributed by atoms with E-state index in [-0.39, 0.29) is 0 Å². The maximum atomic E-state index is 6.38. The normalized spacial score (nSPS) is 12.3. The fraction of sp³-hybridized carbons (Fsp3) is 0.636. The van der Waals surface area contributed by atoms with E-state index in [0.29, 0.717) is 0 Å². The first-order valence-electron chi connectivity index (χ1n) is 5.19. The van der Waals surface area contributed by atoms with E-state index in [1.807, 2.05) is 6.55 Å². The van der Waals surface area contributed by atoms with Crippen LogP contribution in [0.4, 0.5) is 0 Å². The molecule has 84 valence electrons. The van der Waals surface area contributed by atoms with Crippen molar-refractivity contribution in [3.05, 3.63) is 0 Å². The Bertz CT molecular complexity index is 302. The summed E-state index contributed by atoms with van der Waals surface area (Å²) in [5.74, 6) is 0. The van der Waals surface area contributed by atoms with E-state index in [0.717, 1.165) is 0 Å². The molecule has 0 saturated heterocycles. The lowest BCUT2D eigenvalue weighted by molar-refractivity contribution is 1.81.